The summed E-state index contributed by atoms with van der Waals surface area (Å²) >= 11 is 6.06. The van der Waals surface area contributed by atoms with E-state index in [1.807, 2.05) is 10.6 Å². The van der Waals surface area contributed by atoms with Crippen molar-refractivity contribution in [2.24, 2.45) is 0 Å². The van der Waals surface area contributed by atoms with Crippen LogP contribution in [0.5, 0.6) is 0 Å². The Morgan fingerprint density at radius 2 is 1.82 bits per heavy atom. The summed E-state index contributed by atoms with van der Waals surface area (Å²) < 4.78 is 1.81. The Bertz CT molecular complexity index is 1020. The summed E-state index contributed by atoms with van der Waals surface area (Å²) in [4.78, 5) is 29.5. The van der Waals surface area contributed by atoms with Crippen LogP contribution in [0, 0.1) is 0 Å². The normalized spacial score (nSPS) is 15.3. The molecule has 28 heavy (non-hydrogen) atoms. The third-order valence-electron chi connectivity index (χ3n) is 4.84. The molecule has 0 N–H and O–H groups in total. The van der Waals surface area contributed by atoms with Crippen molar-refractivity contribution >= 4 is 29.2 Å². The van der Waals surface area contributed by atoms with Gasteiger partial charge in [0, 0.05) is 44.0 Å². The van der Waals surface area contributed by atoms with Crippen LogP contribution in [0.15, 0.2) is 30.6 Å². The van der Waals surface area contributed by atoms with Gasteiger partial charge in [0.2, 0.25) is 5.95 Å². The number of hydrogen-bond acceptors (Lipinski definition) is 6. The van der Waals surface area contributed by atoms with Crippen LogP contribution < -0.4 is 4.90 Å². The summed E-state index contributed by atoms with van der Waals surface area (Å²) in [7, 11) is 0. The Kier molecular flexibility index (Phi) is 4.66. The highest BCUT2D eigenvalue weighted by molar-refractivity contribution is 6.32. The van der Waals surface area contributed by atoms with E-state index in [-0.39, 0.29) is 16.5 Å². The lowest BCUT2D eigenvalue weighted by molar-refractivity contribution is 0.0746. The summed E-state index contributed by atoms with van der Waals surface area (Å²) in [6.45, 7) is 8.83. The van der Waals surface area contributed by atoms with Gasteiger partial charge in [-0.25, -0.2) is 9.97 Å². The molecule has 1 aliphatic heterocycles. The molecular formula is C19H22ClN7O. The molecule has 4 heterocycles. The van der Waals surface area contributed by atoms with Crippen LogP contribution in [0.1, 0.15) is 36.8 Å². The van der Waals surface area contributed by atoms with E-state index < -0.39 is 0 Å². The third kappa shape index (κ3) is 3.40. The molecule has 146 valence electrons. The van der Waals surface area contributed by atoms with E-state index >= 15 is 0 Å². The minimum Gasteiger partial charge on any atom is -0.336 e. The SMILES string of the molecule is CC(C)(C)c1ccnc2nc(N3CCN(C(=O)c4cccnc4Cl)CC3)nn12. The second-order valence-corrected chi connectivity index (χ2v) is 8.18. The quantitative estimate of drug-likeness (QED) is 0.616. The number of piperazine rings is 1. The average Bonchev–Trinajstić information content (AvgIpc) is 3.11. The van der Waals surface area contributed by atoms with Gasteiger partial charge in [-0.05, 0) is 18.2 Å². The van der Waals surface area contributed by atoms with Gasteiger partial charge in [-0.3, -0.25) is 4.79 Å². The van der Waals surface area contributed by atoms with Crippen LogP contribution in [0.2, 0.25) is 5.15 Å². The van der Waals surface area contributed by atoms with E-state index in [9.17, 15) is 4.79 Å². The molecule has 9 heteroatoms. The fraction of sp³-hybridized carbons (Fsp3) is 0.421. The number of pyridine rings is 1. The third-order valence-corrected chi connectivity index (χ3v) is 5.14. The molecule has 8 nitrogen and oxygen atoms in total. The minimum absolute atomic E-state index is 0.0692. The standard InChI is InChI=1S/C19H22ClN7O/c1-19(2,3)14-6-8-22-17-23-18(24-27(14)17)26-11-9-25(10-12-26)16(28)13-5-4-7-21-15(13)20/h4-8H,9-12H2,1-3H3. The van der Waals surface area contributed by atoms with Crippen LogP contribution in [-0.4, -0.2) is 61.6 Å². The van der Waals surface area contributed by atoms with Gasteiger partial charge in [-0.15, -0.1) is 5.10 Å². The molecule has 1 amide bonds. The molecule has 1 aliphatic rings. The lowest BCUT2D eigenvalue weighted by Gasteiger charge is -2.34. The second kappa shape index (κ2) is 7.01. The number of nitrogens with zero attached hydrogens (tertiary/aromatic N) is 7. The lowest BCUT2D eigenvalue weighted by atomic mass is 9.92. The van der Waals surface area contributed by atoms with Crippen molar-refractivity contribution in [1.82, 2.24) is 29.5 Å². The maximum absolute atomic E-state index is 12.7. The van der Waals surface area contributed by atoms with Gasteiger partial charge in [0.05, 0.1) is 11.3 Å². The Hall–Kier alpha value is -2.74. The molecule has 0 unspecified atom stereocenters. The molecule has 0 atom stereocenters. The van der Waals surface area contributed by atoms with Crippen LogP contribution in [0.3, 0.4) is 0 Å². The Labute approximate surface area is 168 Å². The van der Waals surface area contributed by atoms with E-state index in [1.54, 1.807) is 29.4 Å². The average molecular weight is 400 g/mol. The first-order valence-corrected chi connectivity index (χ1v) is 9.59. The summed E-state index contributed by atoms with van der Waals surface area (Å²) in [5, 5.41) is 4.91. The van der Waals surface area contributed by atoms with Gasteiger partial charge in [-0.2, -0.15) is 9.50 Å². The van der Waals surface area contributed by atoms with Crippen molar-refractivity contribution in [2.75, 3.05) is 31.1 Å². The molecule has 4 rings (SSSR count). The maximum atomic E-state index is 12.7. The Morgan fingerprint density at radius 1 is 1.07 bits per heavy atom. The molecule has 0 spiro atoms. The number of hydrogen-bond donors (Lipinski definition) is 0. The molecule has 0 aliphatic carbocycles. The highest BCUT2D eigenvalue weighted by Crippen LogP contribution is 2.23. The van der Waals surface area contributed by atoms with Crippen molar-refractivity contribution in [1.29, 1.82) is 0 Å². The minimum atomic E-state index is -0.0996. The zero-order chi connectivity index (χ0) is 19.9. The van der Waals surface area contributed by atoms with Crippen molar-refractivity contribution in [3.63, 3.8) is 0 Å². The monoisotopic (exact) mass is 399 g/mol. The first-order chi connectivity index (χ1) is 13.3. The van der Waals surface area contributed by atoms with E-state index in [0.717, 1.165) is 5.69 Å². The fourth-order valence-corrected chi connectivity index (χ4v) is 3.51. The number of halogens is 1. The second-order valence-electron chi connectivity index (χ2n) is 7.82. The van der Waals surface area contributed by atoms with Crippen molar-refractivity contribution in [3.05, 3.63) is 47.0 Å². The molecule has 0 saturated carbocycles. The zero-order valence-corrected chi connectivity index (χ0v) is 16.9. The molecule has 3 aromatic rings. The summed E-state index contributed by atoms with van der Waals surface area (Å²) in [5.41, 5.74) is 1.42. The van der Waals surface area contributed by atoms with E-state index in [0.29, 0.717) is 43.5 Å². The molecule has 1 fully saturated rings. The zero-order valence-electron chi connectivity index (χ0n) is 16.1. The predicted octanol–water partition coefficient (Wildman–Crippen LogP) is 2.43. The van der Waals surface area contributed by atoms with Gasteiger partial charge in [-0.1, -0.05) is 32.4 Å². The van der Waals surface area contributed by atoms with Crippen LogP contribution in [0.4, 0.5) is 5.95 Å². The number of carbonyl (C=O) groups is 1. The summed E-state index contributed by atoms with van der Waals surface area (Å²) in [6, 6.07) is 5.39. The lowest BCUT2D eigenvalue weighted by Crippen LogP contribution is -2.49. The van der Waals surface area contributed by atoms with Gasteiger partial charge >= 0.3 is 0 Å². The number of fused-ring (bicyclic) bond motifs is 1. The highest BCUT2D eigenvalue weighted by atomic mass is 35.5. The van der Waals surface area contributed by atoms with E-state index in [1.165, 1.54) is 0 Å². The molecule has 3 aromatic heterocycles. The smallest absolute Gasteiger partial charge is 0.257 e. The molecule has 0 aromatic carbocycles. The number of rotatable bonds is 2. The summed E-state index contributed by atoms with van der Waals surface area (Å²) in [5.74, 6) is 1.12. The maximum Gasteiger partial charge on any atom is 0.257 e. The number of aromatic nitrogens is 5. The van der Waals surface area contributed by atoms with Crippen LogP contribution in [0.25, 0.3) is 5.78 Å². The highest BCUT2D eigenvalue weighted by Gasteiger charge is 2.27. The van der Waals surface area contributed by atoms with Crippen LogP contribution >= 0.6 is 11.6 Å². The van der Waals surface area contributed by atoms with E-state index in [4.69, 9.17) is 11.6 Å². The Balaban J connectivity index is 1.51. The largest absolute Gasteiger partial charge is 0.336 e. The molecule has 0 radical (unpaired) electrons. The van der Waals surface area contributed by atoms with Crippen LogP contribution in [-0.2, 0) is 5.41 Å². The van der Waals surface area contributed by atoms with E-state index in [2.05, 4.69) is 45.7 Å². The first-order valence-electron chi connectivity index (χ1n) is 9.21. The predicted molar refractivity (Wildman–Crippen MR) is 107 cm³/mol. The Morgan fingerprint density at radius 3 is 2.50 bits per heavy atom. The number of anilines is 1. The van der Waals surface area contributed by atoms with Gasteiger partial charge < -0.3 is 9.80 Å². The van der Waals surface area contributed by atoms with Gasteiger partial charge in [0.15, 0.2) is 0 Å². The van der Waals surface area contributed by atoms with Gasteiger partial charge in [0.1, 0.15) is 5.15 Å². The van der Waals surface area contributed by atoms with Crippen molar-refractivity contribution < 1.29 is 4.79 Å². The number of amides is 1. The number of carbonyl (C=O) groups excluding carboxylic acids is 1. The molecule has 1 saturated heterocycles. The van der Waals surface area contributed by atoms with Crippen molar-refractivity contribution in [2.45, 2.75) is 26.2 Å². The molecule has 0 bridgehead atoms. The first kappa shape index (κ1) is 18.6. The summed E-state index contributed by atoms with van der Waals surface area (Å²) in [6.07, 6.45) is 3.34. The fourth-order valence-electron chi connectivity index (χ4n) is 3.31. The molecular weight excluding hydrogens is 378 g/mol. The topological polar surface area (TPSA) is 79.5 Å². The van der Waals surface area contributed by atoms with Crippen molar-refractivity contribution in [3.8, 4) is 0 Å². The van der Waals surface area contributed by atoms with Gasteiger partial charge in [0.25, 0.3) is 11.7 Å².